The number of nitrogens with zero attached hydrogens (tertiary/aromatic N) is 4. The molecule has 29 heavy (non-hydrogen) atoms. The Bertz CT molecular complexity index is 1010. The topological polar surface area (TPSA) is 94.1 Å². The Balaban J connectivity index is 1.74. The largest absolute Gasteiger partial charge is 0.370 e. The van der Waals surface area contributed by atoms with E-state index in [9.17, 15) is 14.0 Å². The zero-order valence-electron chi connectivity index (χ0n) is 15.2. The molecule has 3 aromatic rings. The van der Waals surface area contributed by atoms with E-state index in [1.807, 2.05) is 6.07 Å². The number of rotatable bonds is 8. The second-order valence-corrected chi connectivity index (χ2v) is 7.37. The van der Waals surface area contributed by atoms with Crippen molar-refractivity contribution in [3.05, 3.63) is 65.7 Å². The van der Waals surface area contributed by atoms with Gasteiger partial charge in [0, 0.05) is 23.7 Å². The highest BCUT2D eigenvalue weighted by atomic mass is 35.5. The molecule has 0 radical (unpaired) electrons. The van der Waals surface area contributed by atoms with Gasteiger partial charge in [-0.05, 0) is 42.5 Å². The van der Waals surface area contributed by atoms with Gasteiger partial charge in [0.15, 0.2) is 5.16 Å². The molecule has 0 atom stereocenters. The van der Waals surface area contributed by atoms with Crippen LogP contribution >= 0.6 is 23.4 Å². The summed E-state index contributed by atoms with van der Waals surface area (Å²) >= 11 is 7.22. The lowest BCUT2D eigenvalue weighted by Crippen LogP contribution is -2.35. The first-order valence-corrected chi connectivity index (χ1v) is 9.93. The molecule has 0 unspecified atom stereocenters. The van der Waals surface area contributed by atoms with E-state index < -0.39 is 11.7 Å². The van der Waals surface area contributed by atoms with Crippen LogP contribution in [0, 0.1) is 5.82 Å². The van der Waals surface area contributed by atoms with Crippen molar-refractivity contribution < 1.29 is 14.0 Å². The second-order valence-electron chi connectivity index (χ2n) is 5.99. The van der Waals surface area contributed by atoms with Gasteiger partial charge in [-0.3, -0.25) is 14.2 Å². The van der Waals surface area contributed by atoms with Gasteiger partial charge in [0.2, 0.25) is 11.8 Å². The smallest absolute Gasteiger partial charge is 0.237 e. The molecule has 3 rings (SSSR count). The molecule has 2 amide bonds. The van der Waals surface area contributed by atoms with E-state index in [4.69, 9.17) is 17.3 Å². The average molecular weight is 434 g/mol. The molecule has 0 bridgehead atoms. The zero-order valence-corrected chi connectivity index (χ0v) is 16.7. The molecule has 0 saturated carbocycles. The van der Waals surface area contributed by atoms with Crippen LogP contribution in [0.15, 0.2) is 60.0 Å². The van der Waals surface area contributed by atoms with E-state index in [0.29, 0.717) is 15.9 Å². The van der Waals surface area contributed by atoms with Gasteiger partial charge in [-0.1, -0.05) is 29.4 Å². The highest BCUT2D eigenvalue weighted by Crippen LogP contribution is 2.23. The van der Waals surface area contributed by atoms with Gasteiger partial charge in [-0.15, -0.1) is 10.2 Å². The Hall–Kier alpha value is -2.91. The lowest BCUT2D eigenvalue weighted by molar-refractivity contribution is -0.118. The SMILES string of the molecule is NC(=O)CCN(C(=O)CSc1nncn1-c1cccc(Cl)c1)c1ccc(F)cc1. The third-order valence-electron chi connectivity index (χ3n) is 3.95. The van der Waals surface area contributed by atoms with Crippen LogP contribution in [0.5, 0.6) is 0 Å². The van der Waals surface area contributed by atoms with E-state index in [-0.39, 0.29) is 24.6 Å². The molecule has 1 heterocycles. The summed E-state index contributed by atoms with van der Waals surface area (Å²) in [4.78, 5) is 25.4. The molecule has 7 nitrogen and oxygen atoms in total. The van der Waals surface area contributed by atoms with E-state index >= 15 is 0 Å². The lowest BCUT2D eigenvalue weighted by Gasteiger charge is -2.22. The summed E-state index contributed by atoms with van der Waals surface area (Å²) < 4.78 is 14.9. The number of halogens is 2. The molecule has 2 N–H and O–H groups in total. The molecule has 0 saturated heterocycles. The molecular formula is C19H17ClFN5O2S. The first-order valence-electron chi connectivity index (χ1n) is 8.57. The van der Waals surface area contributed by atoms with Crippen molar-refractivity contribution in [1.82, 2.24) is 14.8 Å². The maximum atomic E-state index is 13.2. The normalized spacial score (nSPS) is 10.7. The Morgan fingerprint density at radius 2 is 1.97 bits per heavy atom. The Morgan fingerprint density at radius 1 is 1.21 bits per heavy atom. The molecule has 0 aliphatic rings. The predicted molar refractivity (Wildman–Crippen MR) is 110 cm³/mol. The molecule has 0 aliphatic carbocycles. The van der Waals surface area contributed by atoms with E-state index in [1.54, 1.807) is 22.8 Å². The second kappa shape index (κ2) is 9.53. The van der Waals surface area contributed by atoms with Crippen LogP contribution in [-0.4, -0.2) is 38.9 Å². The van der Waals surface area contributed by atoms with E-state index in [2.05, 4.69) is 10.2 Å². The van der Waals surface area contributed by atoms with Gasteiger partial charge < -0.3 is 10.6 Å². The zero-order chi connectivity index (χ0) is 20.8. The van der Waals surface area contributed by atoms with Crippen molar-refractivity contribution in [1.29, 1.82) is 0 Å². The number of anilines is 1. The molecule has 150 valence electrons. The third kappa shape index (κ3) is 5.55. The summed E-state index contributed by atoms with van der Waals surface area (Å²) in [6, 6.07) is 12.6. The maximum absolute atomic E-state index is 13.2. The number of aromatic nitrogens is 3. The molecule has 10 heteroatoms. The first kappa shape index (κ1) is 20.8. The van der Waals surface area contributed by atoms with Crippen LogP contribution in [0.2, 0.25) is 5.02 Å². The summed E-state index contributed by atoms with van der Waals surface area (Å²) in [5.74, 6) is -1.18. The number of nitrogens with two attached hydrogens (primary N) is 1. The van der Waals surface area contributed by atoms with Gasteiger partial charge in [0.1, 0.15) is 12.1 Å². The summed E-state index contributed by atoms with van der Waals surface area (Å²) in [6.45, 7) is 0.0986. The molecule has 0 fully saturated rings. The lowest BCUT2D eigenvalue weighted by atomic mass is 10.2. The minimum Gasteiger partial charge on any atom is -0.370 e. The van der Waals surface area contributed by atoms with Crippen LogP contribution in [0.3, 0.4) is 0 Å². The van der Waals surface area contributed by atoms with Crippen LogP contribution in [-0.2, 0) is 9.59 Å². The Morgan fingerprint density at radius 3 is 2.66 bits per heavy atom. The van der Waals surface area contributed by atoms with Gasteiger partial charge in [-0.25, -0.2) is 4.39 Å². The fourth-order valence-electron chi connectivity index (χ4n) is 2.57. The van der Waals surface area contributed by atoms with Crippen molar-refractivity contribution in [3.63, 3.8) is 0 Å². The standard InChI is InChI=1S/C19H17ClFN5O2S/c20-13-2-1-3-16(10-13)26-12-23-24-19(26)29-11-18(28)25(9-8-17(22)27)15-6-4-14(21)5-7-15/h1-7,10,12H,8-9,11H2,(H2,22,27). The number of amides is 2. The van der Waals surface area contributed by atoms with Gasteiger partial charge in [0.25, 0.3) is 0 Å². The van der Waals surface area contributed by atoms with Crippen LogP contribution in [0.25, 0.3) is 5.69 Å². The number of carbonyl (C=O) groups is 2. The fourth-order valence-corrected chi connectivity index (χ4v) is 3.56. The molecule has 0 spiro atoms. The number of carbonyl (C=O) groups excluding carboxylic acids is 2. The number of primary amides is 1. The summed E-state index contributed by atoms with van der Waals surface area (Å²) in [5.41, 5.74) is 6.46. The van der Waals surface area contributed by atoms with Gasteiger partial charge >= 0.3 is 0 Å². The van der Waals surface area contributed by atoms with Crippen molar-refractivity contribution in [2.24, 2.45) is 5.73 Å². The predicted octanol–water partition coefficient (Wildman–Crippen LogP) is 3.06. The number of hydrogen-bond acceptors (Lipinski definition) is 5. The number of benzene rings is 2. The minimum absolute atomic E-state index is 0.00746. The first-order chi connectivity index (χ1) is 13.9. The van der Waals surface area contributed by atoms with Crippen molar-refractivity contribution in [3.8, 4) is 5.69 Å². The van der Waals surface area contributed by atoms with Crippen molar-refractivity contribution in [2.75, 3.05) is 17.2 Å². The monoisotopic (exact) mass is 433 g/mol. The van der Waals surface area contributed by atoms with E-state index in [0.717, 1.165) is 5.69 Å². The van der Waals surface area contributed by atoms with Crippen LogP contribution in [0.4, 0.5) is 10.1 Å². The number of hydrogen-bond donors (Lipinski definition) is 1. The molecule has 1 aromatic heterocycles. The summed E-state index contributed by atoms with van der Waals surface area (Å²) in [6.07, 6.45) is 1.52. The van der Waals surface area contributed by atoms with Crippen molar-refractivity contribution >= 4 is 40.9 Å². The fraction of sp³-hybridized carbons (Fsp3) is 0.158. The molecule has 2 aromatic carbocycles. The molecule has 0 aliphatic heterocycles. The number of thioether (sulfide) groups is 1. The van der Waals surface area contributed by atoms with Crippen LogP contribution in [0.1, 0.15) is 6.42 Å². The van der Waals surface area contributed by atoms with Gasteiger partial charge in [0.05, 0.1) is 11.4 Å². The Labute approximate surface area is 175 Å². The molecular weight excluding hydrogens is 417 g/mol. The minimum atomic E-state index is -0.529. The maximum Gasteiger partial charge on any atom is 0.237 e. The summed E-state index contributed by atoms with van der Waals surface area (Å²) in [7, 11) is 0. The average Bonchev–Trinajstić information content (AvgIpc) is 3.16. The highest BCUT2D eigenvalue weighted by molar-refractivity contribution is 7.99. The Kier molecular flexibility index (Phi) is 6.84. The van der Waals surface area contributed by atoms with E-state index in [1.165, 1.54) is 47.3 Å². The third-order valence-corrected chi connectivity index (χ3v) is 5.11. The highest BCUT2D eigenvalue weighted by Gasteiger charge is 2.18. The van der Waals surface area contributed by atoms with Crippen molar-refractivity contribution in [2.45, 2.75) is 11.6 Å². The quantitative estimate of drug-likeness (QED) is 0.551. The van der Waals surface area contributed by atoms with Crippen LogP contribution < -0.4 is 10.6 Å². The summed E-state index contributed by atoms with van der Waals surface area (Å²) in [5, 5.41) is 9.03. The van der Waals surface area contributed by atoms with Gasteiger partial charge in [-0.2, -0.15) is 0 Å².